The van der Waals surface area contributed by atoms with E-state index < -0.39 is 37.9 Å². The van der Waals surface area contributed by atoms with Crippen LogP contribution >= 0.6 is 20.5 Å². The largest absolute Gasteiger partial charge is 0.472 e. The van der Waals surface area contributed by atoms with Gasteiger partial charge in [0.05, 0.1) is 24.5 Å². The lowest BCUT2D eigenvalue weighted by Gasteiger charge is -2.31. The molecule has 196 valence electrons. The molecule has 0 aromatic heterocycles. The van der Waals surface area contributed by atoms with Crippen LogP contribution in [0.25, 0.3) is 0 Å². The molecule has 0 aliphatic carbocycles. The molecule has 0 rings (SSSR count). The number of ether oxygens (including phenoxy) is 2. The maximum atomic E-state index is 12.8. The number of hydrogen-bond donors (Lipinski definition) is 2. The molecule has 10 heteroatoms. The summed E-state index contributed by atoms with van der Waals surface area (Å²) in [7, 11) is -4.36. The van der Waals surface area contributed by atoms with Gasteiger partial charge in [-0.2, -0.15) is 12.6 Å². The highest BCUT2D eigenvalue weighted by atomic mass is 32.1. The number of phosphoric ester groups is 1. The average molecular weight is 513 g/mol. The van der Waals surface area contributed by atoms with Gasteiger partial charge in [0.1, 0.15) is 6.61 Å². The second-order valence-electron chi connectivity index (χ2n) is 11.5. The van der Waals surface area contributed by atoms with Crippen molar-refractivity contribution < 1.29 is 37.6 Å². The number of carbonyl (C=O) groups excluding carboxylic acids is 2. The second kappa shape index (κ2) is 13.5. The summed E-state index contributed by atoms with van der Waals surface area (Å²) in [6.45, 7) is 16.8. The van der Waals surface area contributed by atoms with Crippen molar-refractivity contribution >= 4 is 32.4 Å². The van der Waals surface area contributed by atoms with Crippen LogP contribution < -0.4 is 0 Å². The topological polar surface area (TPSA) is 108 Å². The molecular formula is C23H45O8PS. The first kappa shape index (κ1) is 32.4. The van der Waals surface area contributed by atoms with Crippen LogP contribution in [0, 0.1) is 22.2 Å². The minimum atomic E-state index is -4.36. The Labute approximate surface area is 205 Å². The quantitative estimate of drug-likeness (QED) is 0.180. The molecule has 0 aliphatic rings. The molecule has 0 saturated carbocycles. The maximum Gasteiger partial charge on any atom is 0.472 e. The number of thiol groups is 1. The first-order valence-electron chi connectivity index (χ1n) is 11.4. The highest BCUT2D eigenvalue weighted by Crippen LogP contribution is 2.43. The predicted octanol–water partition coefficient (Wildman–Crippen LogP) is 5.43. The number of hydrogen-bond acceptors (Lipinski definition) is 8. The number of phosphoric acid groups is 1. The highest BCUT2D eigenvalue weighted by molar-refractivity contribution is 7.80. The number of rotatable bonds is 14. The smallest absolute Gasteiger partial charge is 0.461 e. The van der Waals surface area contributed by atoms with E-state index in [1.54, 1.807) is 13.8 Å². The molecule has 0 radical (unpaired) electrons. The summed E-state index contributed by atoms with van der Waals surface area (Å²) in [4.78, 5) is 35.3. The molecule has 33 heavy (non-hydrogen) atoms. The van der Waals surface area contributed by atoms with Crippen LogP contribution in [-0.2, 0) is 32.7 Å². The highest BCUT2D eigenvalue weighted by Gasteiger charge is 2.35. The summed E-state index contributed by atoms with van der Waals surface area (Å²) in [5.41, 5.74) is -0.933. The second-order valence-corrected chi connectivity index (χ2v) is 13.4. The van der Waals surface area contributed by atoms with E-state index in [2.05, 4.69) is 12.6 Å². The average Bonchev–Trinajstić information content (AvgIpc) is 2.63. The van der Waals surface area contributed by atoms with E-state index in [1.807, 2.05) is 48.5 Å². The molecule has 1 N–H and O–H groups in total. The van der Waals surface area contributed by atoms with Crippen molar-refractivity contribution in [2.24, 2.45) is 22.2 Å². The summed E-state index contributed by atoms with van der Waals surface area (Å²) >= 11 is 3.93. The lowest BCUT2D eigenvalue weighted by Crippen LogP contribution is -2.36. The van der Waals surface area contributed by atoms with Gasteiger partial charge in [-0.25, -0.2) is 4.57 Å². The molecule has 0 saturated heterocycles. The van der Waals surface area contributed by atoms with Gasteiger partial charge in [-0.1, -0.05) is 48.5 Å². The third kappa shape index (κ3) is 15.1. The Morgan fingerprint density at radius 3 is 2.00 bits per heavy atom. The van der Waals surface area contributed by atoms with E-state index >= 15 is 0 Å². The van der Waals surface area contributed by atoms with Crippen molar-refractivity contribution in [2.45, 2.75) is 87.7 Å². The minimum Gasteiger partial charge on any atom is -0.461 e. The van der Waals surface area contributed by atoms with Crippen LogP contribution in [0.1, 0.15) is 81.6 Å². The molecule has 0 aliphatic heterocycles. The zero-order valence-electron chi connectivity index (χ0n) is 21.8. The fourth-order valence-corrected chi connectivity index (χ4v) is 4.63. The van der Waals surface area contributed by atoms with Gasteiger partial charge >= 0.3 is 19.8 Å². The Hall–Kier alpha value is -0.600. The van der Waals surface area contributed by atoms with Crippen molar-refractivity contribution in [3.8, 4) is 0 Å². The number of carbonyl (C=O) groups is 2. The molecule has 2 unspecified atom stereocenters. The van der Waals surface area contributed by atoms with Gasteiger partial charge in [0.25, 0.3) is 0 Å². The van der Waals surface area contributed by atoms with Crippen LogP contribution in [0.5, 0.6) is 0 Å². The fourth-order valence-electron chi connectivity index (χ4n) is 3.64. The summed E-state index contributed by atoms with van der Waals surface area (Å²) in [6, 6.07) is 0. The Kier molecular flexibility index (Phi) is 13.2. The normalized spacial score (nSPS) is 16.6. The van der Waals surface area contributed by atoms with E-state index in [9.17, 15) is 19.0 Å². The molecular weight excluding hydrogens is 467 g/mol. The molecule has 3 atom stereocenters. The summed E-state index contributed by atoms with van der Waals surface area (Å²) in [5.74, 6) is -1.03. The van der Waals surface area contributed by atoms with Crippen LogP contribution in [0.2, 0.25) is 0 Å². The van der Waals surface area contributed by atoms with E-state index in [0.717, 1.165) is 0 Å². The zero-order chi connectivity index (χ0) is 26.1. The van der Waals surface area contributed by atoms with E-state index in [4.69, 9.17) is 18.5 Å². The van der Waals surface area contributed by atoms with Crippen molar-refractivity contribution in [2.75, 3.05) is 25.6 Å². The summed E-state index contributed by atoms with van der Waals surface area (Å²) in [5, 5.41) is 0. The van der Waals surface area contributed by atoms with Gasteiger partial charge in [0.15, 0.2) is 6.10 Å². The van der Waals surface area contributed by atoms with Crippen LogP contribution in [0.4, 0.5) is 0 Å². The summed E-state index contributed by atoms with van der Waals surface area (Å²) < 4.78 is 32.8. The van der Waals surface area contributed by atoms with Crippen molar-refractivity contribution in [3.63, 3.8) is 0 Å². The maximum absolute atomic E-state index is 12.8. The minimum absolute atomic E-state index is 0.0825. The monoisotopic (exact) mass is 512 g/mol. The summed E-state index contributed by atoms with van der Waals surface area (Å²) in [6.07, 6.45) is 0.719. The molecule has 8 nitrogen and oxygen atoms in total. The molecule has 0 amide bonds. The SMILES string of the molecule is CCC(CC(C)(C)C)C(=O)O[C@H](COC(=O)C(C)(C)CC(C)(C)C)COP(=O)(O)OCCS. The van der Waals surface area contributed by atoms with Gasteiger partial charge in [0.2, 0.25) is 0 Å². The molecule has 0 fully saturated rings. The molecule has 0 spiro atoms. The molecule has 0 bridgehead atoms. The van der Waals surface area contributed by atoms with Crippen LogP contribution in [0.15, 0.2) is 0 Å². The van der Waals surface area contributed by atoms with Crippen LogP contribution in [-0.4, -0.2) is 48.5 Å². The first-order chi connectivity index (χ1) is 14.8. The lowest BCUT2D eigenvalue weighted by atomic mass is 9.76. The Morgan fingerprint density at radius 2 is 1.55 bits per heavy atom. The Balaban J connectivity index is 5.34. The van der Waals surface area contributed by atoms with Crippen molar-refractivity contribution in [1.29, 1.82) is 0 Å². The Morgan fingerprint density at radius 1 is 0.970 bits per heavy atom. The van der Waals surface area contributed by atoms with Gasteiger partial charge in [-0.3, -0.25) is 18.6 Å². The van der Waals surface area contributed by atoms with Crippen LogP contribution in [0.3, 0.4) is 0 Å². The van der Waals surface area contributed by atoms with E-state index in [0.29, 0.717) is 19.3 Å². The van der Waals surface area contributed by atoms with Gasteiger partial charge in [-0.05, 0) is 43.9 Å². The molecule has 0 heterocycles. The Bertz CT molecular complexity index is 666. The fraction of sp³-hybridized carbons (Fsp3) is 0.913. The van der Waals surface area contributed by atoms with Gasteiger partial charge in [-0.15, -0.1) is 0 Å². The molecule has 0 aromatic carbocycles. The van der Waals surface area contributed by atoms with E-state index in [1.165, 1.54) is 0 Å². The predicted molar refractivity (Wildman–Crippen MR) is 132 cm³/mol. The number of esters is 2. The lowest BCUT2D eigenvalue weighted by molar-refractivity contribution is -0.170. The molecule has 0 aromatic rings. The van der Waals surface area contributed by atoms with Crippen molar-refractivity contribution in [1.82, 2.24) is 0 Å². The van der Waals surface area contributed by atoms with Gasteiger partial charge < -0.3 is 14.4 Å². The standard InChI is InChI=1S/C23H45O8PS/c1-10-17(13-21(2,3)4)19(24)31-18(15-30-32(26,27)29-11-12-33)14-28-20(25)23(8,9)16-22(5,6)7/h17-18,33H,10-16H2,1-9H3,(H,26,27)/t17?,18-/m1/s1. The van der Waals surface area contributed by atoms with Gasteiger partial charge in [0, 0.05) is 5.75 Å². The van der Waals surface area contributed by atoms with E-state index in [-0.39, 0.29) is 35.7 Å². The first-order valence-corrected chi connectivity index (χ1v) is 13.5. The van der Waals surface area contributed by atoms with Crippen molar-refractivity contribution in [3.05, 3.63) is 0 Å². The third-order valence-corrected chi connectivity index (χ3v) is 5.83. The third-order valence-electron chi connectivity index (χ3n) is 4.66. The zero-order valence-corrected chi connectivity index (χ0v) is 23.6.